The number of hydrogen-bond donors (Lipinski definition) is 1. The first-order valence-corrected chi connectivity index (χ1v) is 9.79. The van der Waals surface area contributed by atoms with Crippen molar-refractivity contribution in [2.75, 3.05) is 26.3 Å². The highest BCUT2D eigenvalue weighted by atomic mass is 32.2. The van der Waals surface area contributed by atoms with Gasteiger partial charge in [-0.15, -0.1) is 0 Å². The lowest BCUT2D eigenvalue weighted by Crippen LogP contribution is -2.30. The highest BCUT2D eigenvalue weighted by molar-refractivity contribution is 7.89. The minimum absolute atomic E-state index is 0.0212. The van der Waals surface area contributed by atoms with Crippen LogP contribution in [0, 0.1) is 19.8 Å². The number of benzene rings is 1. The summed E-state index contributed by atoms with van der Waals surface area (Å²) in [6.07, 6.45) is 1.89. The molecular formula is C17H26N2O4S. The monoisotopic (exact) mass is 354 g/mol. The summed E-state index contributed by atoms with van der Waals surface area (Å²) in [6, 6.07) is 3.12. The number of nitrogens with two attached hydrogens (primary N) is 1. The predicted octanol–water partition coefficient (Wildman–Crippen LogP) is 1.84. The van der Waals surface area contributed by atoms with Crippen molar-refractivity contribution >= 4 is 15.9 Å². The van der Waals surface area contributed by atoms with Gasteiger partial charge in [-0.1, -0.05) is 6.92 Å². The summed E-state index contributed by atoms with van der Waals surface area (Å²) in [6.45, 7) is 8.24. The number of aryl methyl sites for hydroxylation is 1. The lowest BCUT2D eigenvalue weighted by molar-refractivity contribution is 0.0754. The molecule has 0 radical (unpaired) electrons. The first kappa shape index (κ1) is 18.9. The van der Waals surface area contributed by atoms with E-state index in [0.717, 1.165) is 25.0 Å². The smallest absolute Gasteiger partial charge is 0.253 e. The van der Waals surface area contributed by atoms with Gasteiger partial charge in [-0.25, -0.2) is 13.6 Å². The Morgan fingerprint density at radius 3 is 2.71 bits per heavy atom. The van der Waals surface area contributed by atoms with Crippen molar-refractivity contribution in [1.82, 2.24) is 4.90 Å². The molecule has 6 nitrogen and oxygen atoms in total. The van der Waals surface area contributed by atoms with Crippen LogP contribution in [0.3, 0.4) is 0 Å². The van der Waals surface area contributed by atoms with E-state index in [0.29, 0.717) is 36.7 Å². The molecule has 134 valence electrons. The number of hydrogen-bond acceptors (Lipinski definition) is 4. The number of carbonyl (C=O) groups is 1. The molecule has 1 aliphatic rings. The van der Waals surface area contributed by atoms with E-state index in [4.69, 9.17) is 9.88 Å². The summed E-state index contributed by atoms with van der Waals surface area (Å²) >= 11 is 0. The zero-order chi connectivity index (χ0) is 17.9. The van der Waals surface area contributed by atoms with Crippen LogP contribution in [0.5, 0.6) is 0 Å². The van der Waals surface area contributed by atoms with Crippen molar-refractivity contribution in [3.63, 3.8) is 0 Å². The van der Waals surface area contributed by atoms with E-state index in [1.807, 2.05) is 0 Å². The summed E-state index contributed by atoms with van der Waals surface area (Å²) in [4.78, 5) is 14.5. The number of ether oxygens (including phenoxy) is 1. The Balaban J connectivity index is 2.15. The summed E-state index contributed by atoms with van der Waals surface area (Å²) < 4.78 is 29.0. The molecule has 1 saturated heterocycles. The van der Waals surface area contributed by atoms with Gasteiger partial charge in [0.1, 0.15) is 0 Å². The van der Waals surface area contributed by atoms with Gasteiger partial charge in [-0.05, 0) is 49.9 Å². The molecular weight excluding hydrogens is 328 g/mol. The van der Waals surface area contributed by atoms with Crippen LogP contribution in [0.2, 0.25) is 0 Å². The normalized spacial score (nSPS) is 18.2. The summed E-state index contributed by atoms with van der Waals surface area (Å²) in [5.74, 6) is 0.186. The maximum atomic E-state index is 12.7. The van der Waals surface area contributed by atoms with Gasteiger partial charge >= 0.3 is 0 Å². The maximum Gasteiger partial charge on any atom is 0.253 e. The third-order valence-electron chi connectivity index (χ3n) is 4.45. The molecule has 0 saturated carbocycles. The Bertz CT molecular complexity index is 716. The number of sulfonamides is 1. The standard InChI is InChI=1S/C17H26N2O4S/c1-4-7-23-11-14-5-6-19(10-14)17(20)15-8-12(2)13(3)16(9-15)24(18,21)22/h8-9,14H,4-7,10-11H2,1-3H3,(H2,18,21,22). The highest BCUT2D eigenvalue weighted by Gasteiger charge is 2.28. The molecule has 1 aromatic carbocycles. The minimum atomic E-state index is -3.85. The fourth-order valence-corrected chi connectivity index (χ4v) is 3.86. The van der Waals surface area contributed by atoms with Gasteiger partial charge in [0.2, 0.25) is 10.0 Å². The minimum Gasteiger partial charge on any atom is -0.381 e. The Morgan fingerprint density at radius 1 is 1.38 bits per heavy atom. The number of primary sulfonamides is 1. The van der Waals surface area contributed by atoms with Crippen molar-refractivity contribution in [3.05, 3.63) is 28.8 Å². The van der Waals surface area contributed by atoms with Gasteiger partial charge in [0, 0.05) is 31.2 Å². The molecule has 2 N–H and O–H groups in total. The van der Waals surface area contributed by atoms with Gasteiger partial charge in [-0.2, -0.15) is 0 Å². The van der Waals surface area contributed by atoms with E-state index >= 15 is 0 Å². The highest BCUT2D eigenvalue weighted by Crippen LogP contribution is 2.24. The van der Waals surface area contributed by atoms with Gasteiger partial charge in [0.25, 0.3) is 5.91 Å². The van der Waals surface area contributed by atoms with Crippen molar-refractivity contribution in [3.8, 4) is 0 Å². The molecule has 0 bridgehead atoms. The van der Waals surface area contributed by atoms with Crippen molar-refractivity contribution in [2.24, 2.45) is 11.1 Å². The average molecular weight is 354 g/mol. The molecule has 0 aliphatic carbocycles. The fourth-order valence-electron chi connectivity index (χ4n) is 2.98. The van der Waals surface area contributed by atoms with Crippen LogP contribution in [-0.2, 0) is 14.8 Å². The van der Waals surface area contributed by atoms with Crippen LogP contribution in [0.15, 0.2) is 17.0 Å². The van der Waals surface area contributed by atoms with Gasteiger partial charge in [-0.3, -0.25) is 4.79 Å². The number of carbonyl (C=O) groups excluding carboxylic acids is 1. The molecule has 24 heavy (non-hydrogen) atoms. The van der Waals surface area contributed by atoms with Crippen LogP contribution < -0.4 is 5.14 Å². The van der Waals surface area contributed by atoms with Crippen molar-refractivity contribution < 1.29 is 17.9 Å². The third kappa shape index (κ3) is 4.34. The van der Waals surface area contributed by atoms with Gasteiger partial charge in [0.15, 0.2) is 0 Å². The largest absolute Gasteiger partial charge is 0.381 e. The number of amides is 1. The lowest BCUT2D eigenvalue weighted by atomic mass is 10.1. The summed E-state index contributed by atoms with van der Waals surface area (Å²) in [5, 5.41) is 5.27. The predicted molar refractivity (Wildman–Crippen MR) is 92.4 cm³/mol. The number of likely N-dealkylation sites (tertiary alicyclic amines) is 1. The molecule has 1 fully saturated rings. The molecule has 1 atom stereocenters. The molecule has 0 spiro atoms. The van der Waals surface area contributed by atoms with Crippen LogP contribution >= 0.6 is 0 Å². The Labute approximate surface area is 144 Å². The Hall–Kier alpha value is -1.44. The van der Waals surface area contributed by atoms with E-state index < -0.39 is 10.0 Å². The second-order valence-electron chi connectivity index (χ2n) is 6.44. The van der Waals surface area contributed by atoms with E-state index in [1.165, 1.54) is 6.07 Å². The lowest BCUT2D eigenvalue weighted by Gasteiger charge is -2.18. The third-order valence-corrected chi connectivity index (χ3v) is 5.49. The molecule has 1 heterocycles. The molecule has 1 aromatic rings. The Kier molecular flexibility index (Phi) is 6.01. The molecule has 2 rings (SSSR count). The van der Waals surface area contributed by atoms with Crippen molar-refractivity contribution in [2.45, 2.75) is 38.5 Å². The molecule has 0 aromatic heterocycles. The van der Waals surface area contributed by atoms with Crippen LogP contribution in [0.1, 0.15) is 41.3 Å². The SMILES string of the molecule is CCCOCC1CCN(C(=O)c2cc(C)c(C)c(S(N)(=O)=O)c2)C1. The molecule has 1 amide bonds. The average Bonchev–Trinajstić information content (AvgIpc) is 2.97. The first-order chi connectivity index (χ1) is 11.2. The van der Waals surface area contributed by atoms with Crippen LogP contribution in [0.4, 0.5) is 0 Å². The summed E-state index contributed by atoms with van der Waals surface area (Å²) in [7, 11) is -3.85. The molecule has 1 aliphatic heterocycles. The molecule has 7 heteroatoms. The first-order valence-electron chi connectivity index (χ1n) is 8.25. The van der Waals surface area contributed by atoms with E-state index in [2.05, 4.69) is 6.92 Å². The van der Waals surface area contributed by atoms with Gasteiger partial charge < -0.3 is 9.64 Å². The second-order valence-corrected chi connectivity index (χ2v) is 7.97. The van der Waals surface area contributed by atoms with E-state index in [-0.39, 0.29) is 10.8 Å². The topological polar surface area (TPSA) is 89.7 Å². The van der Waals surface area contributed by atoms with Crippen molar-refractivity contribution in [1.29, 1.82) is 0 Å². The van der Waals surface area contributed by atoms with E-state index in [9.17, 15) is 13.2 Å². The summed E-state index contributed by atoms with van der Waals surface area (Å²) in [5.41, 5.74) is 1.70. The second kappa shape index (κ2) is 7.63. The van der Waals surface area contributed by atoms with Gasteiger partial charge in [0.05, 0.1) is 11.5 Å². The number of rotatable bonds is 6. The fraction of sp³-hybridized carbons (Fsp3) is 0.588. The number of nitrogens with zero attached hydrogens (tertiary/aromatic N) is 1. The quantitative estimate of drug-likeness (QED) is 0.789. The van der Waals surface area contributed by atoms with Crippen LogP contribution in [-0.4, -0.2) is 45.5 Å². The van der Waals surface area contributed by atoms with E-state index in [1.54, 1.807) is 24.8 Å². The zero-order valence-corrected chi connectivity index (χ0v) is 15.4. The van der Waals surface area contributed by atoms with Crippen LogP contribution in [0.25, 0.3) is 0 Å². The Morgan fingerprint density at radius 2 is 2.08 bits per heavy atom. The molecule has 1 unspecified atom stereocenters. The maximum absolute atomic E-state index is 12.7. The zero-order valence-electron chi connectivity index (χ0n) is 14.5.